The lowest BCUT2D eigenvalue weighted by atomic mass is 9.85. The van der Waals surface area contributed by atoms with Crippen LogP contribution in [0.1, 0.15) is 0 Å². The van der Waals surface area contributed by atoms with Gasteiger partial charge in [0.2, 0.25) is 0 Å². The van der Waals surface area contributed by atoms with E-state index in [0.717, 1.165) is 4.74 Å². The molecule has 290 valence electrons. The molecule has 0 rings (SSSR count). The van der Waals surface area contributed by atoms with Crippen LogP contribution in [0.3, 0.4) is 0 Å². The van der Waals surface area contributed by atoms with Gasteiger partial charge in [-0.05, 0) is 11.6 Å². The first-order valence-electron chi connectivity index (χ1n) is 9.61. The number of hydrogen-bond acceptors (Lipinski definition) is 3. The lowest BCUT2D eigenvalue weighted by molar-refractivity contribution is -0.508. The number of alkyl halides is 29. The van der Waals surface area contributed by atoms with Crippen molar-refractivity contribution >= 4 is 21.7 Å². The smallest absolute Gasteiger partial charge is 0.281 e. The maximum Gasteiger partial charge on any atom is 0.460 e. The second-order valence-corrected chi connectivity index (χ2v) is 10.3. The molecule has 0 atom stereocenters. The largest absolute Gasteiger partial charge is 0.460 e. The molecule has 0 aliphatic carbocycles. The Morgan fingerprint density at radius 3 is 0.729 bits per heavy atom. The first-order valence-corrected chi connectivity index (χ1v) is 11.4. The van der Waals surface area contributed by atoms with E-state index in [1.54, 1.807) is 0 Å². The van der Waals surface area contributed by atoms with Gasteiger partial charge in [0.1, 0.15) is 0 Å². The molecule has 0 heterocycles. The van der Waals surface area contributed by atoms with Gasteiger partial charge in [-0.1, -0.05) is 0 Å². The van der Waals surface area contributed by atoms with E-state index in [2.05, 4.69) is 11.6 Å². The average molecular weight is 833 g/mol. The predicted octanol–water partition coefficient (Wildman–Crippen LogP) is 8.85. The first-order chi connectivity index (χ1) is 20.0. The van der Waals surface area contributed by atoms with E-state index in [4.69, 9.17) is 4.55 Å². The summed E-state index contributed by atoms with van der Waals surface area (Å²) in [5.41, 5.74) is 0. The van der Waals surface area contributed by atoms with Crippen molar-refractivity contribution in [2.75, 3.05) is 0 Å². The van der Waals surface area contributed by atoms with Crippen molar-refractivity contribution < 1.29 is 141 Å². The topological polar surface area (TPSA) is 63.6 Å². The summed E-state index contributed by atoms with van der Waals surface area (Å²) in [4.78, 5) is 0. The average Bonchev–Trinajstić information content (AvgIpc) is 2.80. The van der Waals surface area contributed by atoms with Gasteiger partial charge in [-0.25, -0.2) is 4.74 Å². The van der Waals surface area contributed by atoms with Crippen molar-refractivity contribution in [3.63, 3.8) is 0 Å². The van der Waals surface area contributed by atoms with Crippen LogP contribution in [-0.4, -0.2) is 95.0 Å². The van der Waals surface area contributed by atoms with E-state index in [-0.39, 0.29) is 0 Å². The Kier molecular flexibility index (Phi) is 10.7. The summed E-state index contributed by atoms with van der Waals surface area (Å²) in [6.45, 7) is 0. The van der Waals surface area contributed by atoms with Crippen LogP contribution in [0.2, 0.25) is 0 Å². The van der Waals surface area contributed by atoms with Crippen LogP contribution in [-0.2, 0) is 14.9 Å². The van der Waals surface area contributed by atoms with E-state index < -0.39 is 92.2 Å². The third kappa shape index (κ3) is 5.62. The van der Waals surface area contributed by atoms with Gasteiger partial charge in [0.05, 0.1) is 0 Å². The zero-order valence-electron chi connectivity index (χ0n) is 20.0. The molecule has 0 aliphatic heterocycles. The summed E-state index contributed by atoms with van der Waals surface area (Å²) in [5, 5.41) is -15.1. The van der Waals surface area contributed by atoms with E-state index in [9.17, 15) is 131 Å². The lowest BCUT2D eigenvalue weighted by Gasteiger charge is -2.45. The van der Waals surface area contributed by atoms with Gasteiger partial charge in [-0.15, -0.1) is 0 Å². The molecule has 0 fully saturated rings. The highest BCUT2D eigenvalue weighted by atomic mass is 35.5. The highest BCUT2D eigenvalue weighted by Gasteiger charge is 2.99. The van der Waals surface area contributed by atoms with Crippen molar-refractivity contribution in [1.29, 1.82) is 0 Å². The summed E-state index contributed by atoms with van der Waals surface area (Å²) in [6, 6.07) is 0. The minimum atomic E-state index is -9.93. The fraction of sp³-hybridized carbons (Fsp3) is 1.00. The molecule has 0 aromatic carbocycles. The molecule has 0 aromatic rings. The Labute approximate surface area is 245 Å². The number of halogens is 29. The molecule has 0 bridgehead atoms. The van der Waals surface area contributed by atoms with Crippen LogP contribution in [0.15, 0.2) is 0 Å². The number of hydrogen-bond donors (Lipinski definition) is 1. The van der Waals surface area contributed by atoms with Gasteiger partial charge in [0.15, 0.2) is 0 Å². The Balaban J connectivity index is 7.45. The summed E-state index contributed by atoms with van der Waals surface area (Å²) < 4.78 is 402. The van der Waals surface area contributed by atoms with E-state index in [1.807, 2.05) is 0 Å². The molecule has 0 aliphatic rings. The van der Waals surface area contributed by atoms with E-state index >= 15 is 0 Å². The van der Waals surface area contributed by atoms with E-state index in [1.165, 1.54) is 0 Å². The molecule has 0 amide bonds. The number of rotatable bonds is 15. The second kappa shape index (κ2) is 11.1. The van der Waals surface area contributed by atoms with Crippen LogP contribution in [0, 0.1) is 0 Å². The van der Waals surface area contributed by atoms with Gasteiger partial charge >= 0.3 is 92.2 Å². The molecular weight excluding hydrogens is 832 g/mol. The van der Waals surface area contributed by atoms with Crippen LogP contribution >= 0.6 is 11.6 Å². The Morgan fingerprint density at radius 1 is 0.354 bits per heavy atom. The summed E-state index contributed by atoms with van der Waals surface area (Å²) in [5.74, 6) is -95.2. The zero-order valence-corrected chi connectivity index (χ0v) is 21.6. The van der Waals surface area contributed by atoms with Crippen molar-refractivity contribution in [2.24, 2.45) is 0 Å². The quantitative estimate of drug-likeness (QED) is 0.102. The van der Waals surface area contributed by atoms with Crippen LogP contribution < -0.4 is 0 Å². The fourth-order valence-corrected chi connectivity index (χ4v) is 2.83. The minimum Gasteiger partial charge on any atom is -0.281 e. The molecular formula is C14HClF28O4S. The van der Waals surface area contributed by atoms with Crippen molar-refractivity contribution in [2.45, 2.75) is 82.1 Å². The molecule has 0 unspecified atom stereocenters. The van der Waals surface area contributed by atoms with Crippen LogP contribution in [0.4, 0.5) is 123 Å². The molecule has 0 saturated heterocycles. The molecule has 0 spiro atoms. The summed E-state index contributed by atoms with van der Waals surface area (Å²) >= 11 is 3.17. The summed E-state index contributed by atoms with van der Waals surface area (Å²) in [6.07, 6.45) is -17.0. The van der Waals surface area contributed by atoms with Gasteiger partial charge < -0.3 is 0 Å². The maximum absolute atomic E-state index is 13.7. The molecule has 1 N–H and O–H groups in total. The van der Waals surface area contributed by atoms with Gasteiger partial charge in [0, 0.05) is 0 Å². The Bertz CT molecular complexity index is 1310. The highest BCUT2D eigenvalue weighted by Crippen LogP contribution is 2.68. The third-order valence-corrected chi connectivity index (χ3v) is 6.31. The Morgan fingerprint density at radius 2 is 0.542 bits per heavy atom. The molecule has 0 saturated carbocycles. The predicted molar refractivity (Wildman–Crippen MR) is 87.7 cm³/mol. The lowest BCUT2D eigenvalue weighted by Crippen LogP contribution is -2.78. The normalized spacial score (nSPS) is 17.2. The first kappa shape index (κ1) is 46.2. The standard InChI is InChI=1S/C14HClF28O4S/c15-11(36,37)9(32,33)7(28,29)5(24,25)3(20,21)1(16,17)2(18,19)4(22,23)6(26,27)8(30,31)10(34,35)12(38,39)47-13(40,41)14(42,43)48(44,45)46/h(H,44,45,46). The highest BCUT2D eigenvalue weighted by molar-refractivity contribution is 7.86. The fourth-order valence-electron chi connectivity index (χ4n) is 2.37. The molecule has 4 nitrogen and oxygen atoms in total. The summed E-state index contributed by atoms with van der Waals surface area (Å²) in [7, 11) is -7.96. The number of ether oxygens (including phenoxy) is 1. The monoisotopic (exact) mass is 832 g/mol. The minimum absolute atomic E-state index is 0.879. The SMILES string of the molecule is O=S(=O)(O)C(F)(F)C(F)(F)OC(F)(F)C(F)(F)C(F)(F)C(F)(F)C(F)(F)C(F)(F)C(F)(F)C(F)(F)C(F)(F)C(F)(F)C(F)(F)C(F)(F)Cl. The van der Waals surface area contributed by atoms with Crippen LogP contribution in [0.5, 0.6) is 0 Å². The van der Waals surface area contributed by atoms with Gasteiger partial charge in [-0.2, -0.15) is 131 Å². The molecule has 34 heteroatoms. The molecule has 48 heavy (non-hydrogen) atoms. The van der Waals surface area contributed by atoms with Gasteiger partial charge in [0.25, 0.3) is 0 Å². The maximum atomic E-state index is 13.7. The van der Waals surface area contributed by atoms with Crippen molar-refractivity contribution in [3.8, 4) is 0 Å². The van der Waals surface area contributed by atoms with Crippen molar-refractivity contribution in [1.82, 2.24) is 0 Å². The van der Waals surface area contributed by atoms with Crippen molar-refractivity contribution in [3.05, 3.63) is 0 Å². The second-order valence-electron chi connectivity index (χ2n) is 8.37. The third-order valence-electron chi connectivity index (χ3n) is 5.19. The Hall–Kier alpha value is -1.80. The molecule has 0 radical (unpaired) electrons. The van der Waals surface area contributed by atoms with E-state index in [0.29, 0.717) is 0 Å². The zero-order chi connectivity index (χ0) is 40.2. The van der Waals surface area contributed by atoms with Gasteiger partial charge in [-0.3, -0.25) is 4.55 Å². The molecule has 0 aromatic heterocycles. The van der Waals surface area contributed by atoms with Crippen LogP contribution in [0.25, 0.3) is 0 Å².